The third kappa shape index (κ3) is 7.17. The maximum Gasteiger partial charge on any atom is 1.00 e. The quantitative estimate of drug-likeness (QED) is 0.456. The second-order valence-corrected chi connectivity index (χ2v) is 3.78. The van der Waals surface area contributed by atoms with Crippen molar-refractivity contribution in [2.45, 2.75) is 38.8 Å². The predicted octanol–water partition coefficient (Wildman–Crippen LogP) is -0.584. The van der Waals surface area contributed by atoms with Gasteiger partial charge in [0.25, 0.3) is 0 Å². The van der Waals surface area contributed by atoms with Crippen LogP contribution in [0.4, 0.5) is 0 Å². The summed E-state index contributed by atoms with van der Waals surface area (Å²) >= 11 is 0. The van der Waals surface area contributed by atoms with E-state index in [-0.39, 0.29) is 36.6 Å². The van der Waals surface area contributed by atoms with Crippen LogP contribution in [0.5, 0.6) is 0 Å². The van der Waals surface area contributed by atoms with Crippen LogP contribution in [0.2, 0.25) is 0 Å². The molecule has 0 radical (unpaired) electrons. The van der Waals surface area contributed by atoms with Crippen LogP contribution in [0.1, 0.15) is 34.5 Å². The van der Waals surface area contributed by atoms with E-state index in [0.29, 0.717) is 0 Å². The summed E-state index contributed by atoms with van der Waals surface area (Å²) < 4.78 is 10.4. The van der Waals surface area contributed by atoms with Crippen LogP contribution in [0.3, 0.4) is 0 Å². The third-order valence-electron chi connectivity index (χ3n) is 1.35. The molecule has 2 nitrogen and oxygen atoms in total. The Morgan fingerprint density at radius 2 is 2.20 bits per heavy atom. The molecule has 0 aromatic heterocycles. The first kappa shape index (κ1) is 13.6. The SMILES string of the molecule is CCCCC(C)[P+](=O)O.[H-].[Na+]. The molecule has 0 aromatic rings. The largest absolute Gasteiger partial charge is 1.00 e. The molecule has 2 atom stereocenters. The zero-order chi connectivity index (χ0) is 7.28. The average Bonchev–Trinajstić information content (AvgIpc) is 1.82. The molecule has 0 saturated carbocycles. The van der Waals surface area contributed by atoms with Gasteiger partial charge in [-0.2, -0.15) is 4.89 Å². The van der Waals surface area contributed by atoms with Gasteiger partial charge in [0.2, 0.25) is 0 Å². The monoisotopic (exact) mass is 173 g/mol. The molecule has 0 saturated heterocycles. The molecular formula is C6H15NaO2P+. The molecule has 0 heterocycles. The normalized spacial score (nSPS) is 13.7. The number of rotatable bonds is 4. The molecule has 10 heavy (non-hydrogen) atoms. The van der Waals surface area contributed by atoms with Gasteiger partial charge in [0.15, 0.2) is 5.66 Å². The average molecular weight is 173 g/mol. The van der Waals surface area contributed by atoms with Crippen LogP contribution in [0.15, 0.2) is 0 Å². The van der Waals surface area contributed by atoms with E-state index in [9.17, 15) is 4.57 Å². The first-order chi connectivity index (χ1) is 4.18. The second kappa shape index (κ2) is 8.16. The van der Waals surface area contributed by atoms with Gasteiger partial charge < -0.3 is 1.43 Å². The van der Waals surface area contributed by atoms with Crippen LogP contribution in [0, 0.1) is 0 Å². The molecule has 56 valence electrons. The summed E-state index contributed by atoms with van der Waals surface area (Å²) in [6, 6.07) is 0. The maximum atomic E-state index is 10.4. The van der Waals surface area contributed by atoms with E-state index in [1.54, 1.807) is 0 Å². The smallest absolute Gasteiger partial charge is 1.00 e. The van der Waals surface area contributed by atoms with E-state index in [2.05, 4.69) is 6.92 Å². The molecule has 4 heteroatoms. The minimum atomic E-state index is -1.92. The van der Waals surface area contributed by atoms with Crippen LogP contribution in [-0.2, 0) is 4.57 Å². The molecule has 2 unspecified atom stereocenters. The molecule has 0 amide bonds. The van der Waals surface area contributed by atoms with Crippen LogP contribution >= 0.6 is 8.03 Å². The summed E-state index contributed by atoms with van der Waals surface area (Å²) in [5.41, 5.74) is -0.0139. The molecule has 1 N–H and O–H groups in total. The summed E-state index contributed by atoms with van der Waals surface area (Å²) in [5.74, 6) is 0. The van der Waals surface area contributed by atoms with E-state index in [1.807, 2.05) is 6.92 Å². The van der Waals surface area contributed by atoms with Gasteiger partial charge in [0.1, 0.15) is 0 Å². The van der Waals surface area contributed by atoms with Gasteiger partial charge in [-0.15, -0.1) is 0 Å². The van der Waals surface area contributed by atoms with Crippen molar-refractivity contribution in [1.82, 2.24) is 0 Å². The first-order valence-corrected chi connectivity index (χ1v) is 4.62. The van der Waals surface area contributed by atoms with Gasteiger partial charge in [-0.3, -0.25) is 0 Å². The van der Waals surface area contributed by atoms with Crippen molar-refractivity contribution in [3.8, 4) is 0 Å². The Bertz CT molecular complexity index is 103. The van der Waals surface area contributed by atoms with E-state index < -0.39 is 8.03 Å². The molecule has 0 spiro atoms. The van der Waals surface area contributed by atoms with Crippen molar-refractivity contribution in [3.63, 3.8) is 0 Å². The van der Waals surface area contributed by atoms with Gasteiger partial charge in [-0.1, -0.05) is 13.3 Å². The second-order valence-electron chi connectivity index (χ2n) is 2.29. The molecule has 0 fully saturated rings. The summed E-state index contributed by atoms with van der Waals surface area (Å²) in [7, 11) is -1.92. The van der Waals surface area contributed by atoms with E-state index in [4.69, 9.17) is 4.89 Å². The van der Waals surface area contributed by atoms with Crippen LogP contribution in [0.25, 0.3) is 0 Å². The van der Waals surface area contributed by atoms with Crippen LogP contribution < -0.4 is 29.6 Å². The standard InChI is InChI=1S/C6H13O2P.Na.H/c1-3-4-5-6(2)9(7)8;;/h6H,3-5H2,1-2H3;;/q;+1;-1/p+1. The fourth-order valence-electron chi connectivity index (χ4n) is 0.610. The molecule has 0 rings (SSSR count). The Balaban J connectivity index is -0.000000320. The zero-order valence-electron chi connectivity index (χ0n) is 8.00. The Kier molecular flexibility index (Phi) is 11.1. The Hall–Kier alpha value is 1.06. The van der Waals surface area contributed by atoms with Gasteiger partial charge >= 0.3 is 37.6 Å². The topological polar surface area (TPSA) is 37.3 Å². The molecule has 0 aliphatic heterocycles. The van der Waals surface area contributed by atoms with E-state index in [0.717, 1.165) is 19.3 Å². The minimum absolute atomic E-state index is 0. The van der Waals surface area contributed by atoms with Crippen molar-refractivity contribution < 1.29 is 40.4 Å². The van der Waals surface area contributed by atoms with Gasteiger partial charge in [0, 0.05) is 0 Å². The fraction of sp³-hybridized carbons (Fsp3) is 1.00. The van der Waals surface area contributed by atoms with Gasteiger partial charge in [0.05, 0.1) is 0 Å². The number of hydrogen-bond donors (Lipinski definition) is 1. The van der Waals surface area contributed by atoms with Crippen molar-refractivity contribution in [3.05, 3.63) is 0 Å². The Morgan fingerprint density at radius 1 is 1.70 bits per heavy atom. The summed E-state index contributed by atoms with van der Waals surface area (Å²) in [6.45, 7) is 3.89. The number of hydrogen-bond acceptors (Lipinski definition) is 1. The summed E-state index contributed by atoms with van der Waals surface area (Å²) in [6.07, 6.45) is 3.04. The van der Waals surface area contributed by atoms with Crippen molar-refractivity contribution >= 4 is 8.03 Å². The fourth-order valence-corrected chi connectivity index (χ4v) is 1.01. The number of unbranched alkanes of at least 4 members (excludes halogenated alkanes) is 1. The van der Waals surface area contributed by atoms with Gasteiger partial charge in [-0.05, 0) is 24.3 Å². The van der Waals surface area contributed by atoms with Crippen molar-refractivity contribution in [1.29, 1.82) is 0 Å². The van der Waals surface area contributed by atoms with E-state index in [1.165, 1.54) is 0 Å². The molecule has 0 bridgehead atoms. The summed E-state index contributed by atoms with van der Waals surface area (Å²) in [4.78, 5) is 8.56. The molecule has 0 aliphatic carbocycles. The molecular weight excluding hydrogens is 158 g/mol. The minimum Gasteiger partial charge on any atom is -1.00 e. The van der Waals surface area contributed by atoms with Crippen molar-refractivity contribution in [2.75, 3.05) is 0 Å². The Morgan fingerprint density at radius 3 is 2.50 bits per heavy atom. The third-order valence-corrected chi connectivity index (χ3v) is 2.36. The van der Waals surface area contributed by atoms with Crippen molar-refractivity contribution in [2.24, 2.45) is 0 Å². The first-order valence-electron chi connectivity index (χ1n) is 3.33. The molecule has 0 aliphatic rings. The molecule has 0 aromatic carbocycles. The zero-order valence-corrected chi connectivity index (χ0v) is 9.90. The summed E-state index contributed by atoms with van der Waals surface area (Å²) in [5, 5.41) is 0. The maximum absolute atomic E-state index is 10.4. The van der Waals surface area contributed by atoms with Crippen LogP contribution in [-0.4, -0.2) is 10.6 Å². The van der Waals surface area contributed by atoms with Gasteiger partial charge in [-0.25, -0.2) is 0 Å². The van der Waals surface area contributed by atoms with E-state index >= 15 is 0 Å². The Labute approximate surface area is 87.0 Å². The predicted molar refractivity (Wildman–Crippen MR) is 39.9 cm³/mol.